The van der Waals surface area contributed by atoms with Crippen molar-refractivity contribution in [3.05, 3.63) is 88.5 Å². The van der Waals surface area contributed by atoms with Crippen LogP contribution in [0.1, 0.15) is 49.1 Å². The van der Waals surface area contributed by atoms with Gasteiger partial charge >= 0.3 is 5.97 Å². The highest BCUT2D eigenvalue weighted by molar-refractivity contribution is 6.34. The summed E-state index contributed by atoms with van der Waals surface area (Å²) in [6.07, 6.45) is 0. The van der Waals surface area contributed by atoms with Crippen molar-refractivity contribution in [1.29, 1.82) is 0 Å². The minimum atomic E-state index is -0.774. The quantitative estimate of drug-likeness (QED) is 0.406. The Labute approximate surface area is 202 Å². The highest BCUT2D eigenvalue weighted by atomic mass is 16.5. The molecule has 8 nitrogen and oxygen atoms in total. The number of hydrogen-bond donors (Lipinski definition) is 1. The van der Waals surface area contributed by atoms with Crippen LogP contribution in [-0.2, 0) is 9.53 Å². The Bertz CT molecular complexity index is 1330. The summed E-state index contributed by atoms with van der Waals surface area (Å²) in [5, 5.41) is 2.72. The van der Waals surface area contributed by atoms with Gasteiger partial charge in [0.2, 0.25) is 0 Å². The first-order valence-corrected chi connectivity index (χ1v) is 11.1. The first-order valence-electron chi connectivity index (χ1n) is 11.1. The van der Waals surface area contributed by atoms with Crippen molar-refractivity contribution in [3.8, 4) is 5.75 Å². The van der Waals surface area contributed by atoms with Gasteiger partial charge in [-0.1, -0.05) is 12.1 Å². The Morgan fingerprint density at radius 2 is 1.63 bits per heavy atom. The molecule has 8 heteroatoms. The maximum Gasteiger partial charge on any atom is 0.338 e. The Kier molecular flexibility index (Phi) is 6.64. The highest BCUT2D eigenvalue weighted by Crippen LogP contribution is 2.30. The number of carbonyl (C=O) groups is 4. The molecule has 4 rings (SSSR count). The average Bonchev–Trinajstić information content (AvgIpc) is 3.10. The molecule has 0 atom stereocenters. The first-order chi connectivity index (χ1) is 16.8. The van der Waals surface area contributed by atoms with Crippen LogP contribution in [0.5, 0.6) is 5.75 Å². The molecule has 0 spiro atoms. The second kappa shape index (κ2) is 9.80. The zero-order valence-corrected chi connectivity index (χ0v) is 19.6. The van der Waals surface area contributed by atoms with Crippen molar-refractivity contribution in [1.82, 2.24) is 0 Å². The van der Waals surface area contributed by atoms with Crippen molar-refractivity contribution in [2.45, 2.75) is 20.8 Å². The molecule has 3 aromatic carbocycles. The van der Waals surface area contributed by atoms with E-state index in [4.69, 9.17) is 9.47 Å². The fraction of sp³-hybridized carbons (Fsp3) is 0.185. The molecule has 1 N–H and O–H groups in total. The van der Waals surface area contributed by atoms with Gasteiger partial charge in [-0.05, 0) is 80.4 Å². The van der Waals surface area contributed by atoms with Crippen LogP contribution in [0.3, 0.4) is 0 Å². The van der Waals surface area contributed by atoms with Crippen molar-refractivity contribution in [2.24, 2.45) is 0 Å². The fourth-order valence-corrected chi connectivity index (χ4v) is 3.75. The monoisotopic (exact) mass is 472 g/mol. The SMILES string of the molecule is CCOc1ccc(N2C(=O)c3ccc(C(=O)OCC(=O)Nc4cccc(C)c4C)cc3C2=O)cc1. The number of ether oxygens (including phenoxy) is 2. The molecular formula is C27H24N2O6. The van der Waals surface area contributed by atoms with E-state index in [-0.39, 0.29) is 16.7 Å². The fourth-order valence-electron chi connectivity index (χ4n) is 3.75. The molecule has 0 saturated carbocycles. The second-order valence-corrected chi connectivity index (χ2v) is 8.00. The summed E-state index contributed by atoms with van der Waals surface area (Å²) in [7, 11) is 0. The van der Waals surface area contributed by atoms with Crippen molar-refractivity contribution in [3.63, 3.8) is 0 Å². The van der Waals surface area contributed by atoms with Gasteiger partial charge in [0.15, 0.2) is 6.61 Å². The maximum atomic E-state index is 13.0. The summed E-state index contributed by atoms with van der Waals surface area (Å²) in [5.41, 5.74) is 3.33. The van der Waals surface area contributed by atoms with Crippen LogP contribution in [0, 0.1) is 13.8 Å². The lowest BCUT2D eigenvalue weighted by Gasteiger charge is -2.14. The molecule has 1 heterocycles. The minimum absolute atomic E-state index is 0.0676. The predicted octanol–water partition coefficient (Wildman–Crippen LogP) is 4.30. The van der Waals surface area contributed by atoms with E-state index in [1.807, 2.05) is 32.9 Å². The number of rotatable bonds is 7. The number of aryl methyl sites for hydroxylation is 1. The summed E-state index contributed by atoms with van der Waals surface area (Å²) >= 11 is 0. The molecule has 0 aliphatic carbocycles. The third-order valence-electron chi connectivity index (χ3n) is 5.74. The van der Waals surface area contributed by atoms with Crippen LogP contribution in [-0.4, -0.2) is 36.9 Å². The molecule has 0 bridgehead atoms. The zero-order chi connectivity index (χ0) is 25.1. The van der Waals surface area contributed by atoms with E-state index in [2.05, 4.69) is 5.32 Å². The normalized spacial score (nSPS) is 12.4. The standard InChI is InChI=1S/C27H24N2O6/c1-4-34-20-11-9-19(10-12-20)29-25(31)21-13-8-18(14-22(21)26(29)32)27(33)35-15-24(30)28-23-7-5-6-16(2)17(23)3/h5-14H,4,15H2,1-3H3,(H,28,30). The van der Waals surface area contributed by atoms with Gasteiger partial charge in [0, 0.05) is 5.69 Å². The van der Waals surface area contributed by atoms with Gasteiger partial charge in [0.25, 0.3) is 17.7 Å². The van der Waals surface area contributed by atoms with E-state index in [0.717, 1.165) is 16.0 Å². The number of imide groups is 1. The summed E-state index contributed by atoms with van der Waals surface area (Å²) in [4.78, 5) is 51.7. The summed E-state index contributed by atoms with van der Waals surface area (Å²) in [6.45, 7) is 5.68. The summed E-state index contributed by atoms with van der Waals surface area (Å²) < 4.78 is 10.5. The topological polar surface area (TPSA) is 102 Å². The third-order valence-corrected chi connectivity index (χ3v) is 5.74. The molecule has 1 aliphatic heterocycles. The Hall–Kier alpha value is -4.46. The highest BCUT2D eigenvalue weighted by Gasteiger charge is 2.37. The number of benzene rings is 3. The van der Waals surface area contributed by atoms with E-state index >= 15 is 0 Å². The van der Waals surface area contributed by atoms with E-state index in [0.29, 0.717) is 23.7 Å². The lowest BCUT2D eigenvalue weighted by molar-refractivity contribution is -0.119. The second-order valence-electron chi connectivity index (χ2n) is 8.00. The molecule has 3 aromatic rings. The van der Waals surface area contributed by atoms with Crippen molar-refractivity contribution >= 4 is 35.1 Å². The molecule has 0 radical (unpaired) electrons. The smallest absolute Gasteiger partial charge is 0.338 e. The summed E-state index contributed by atoms with van der Waals surface area (Å²) in [5.74, 6) is -1.66. The van der Waals surface area contributed by atoms with Gasteiger partial charge in [-0.3, -0.25) is 14.4 Å². The molecule has 35 heavy (non-hydrogen) atoms. The molecule has 178 valence electrons. The lowest BCUT2D eigenvalue weighted by Crippen LogP contribution is -2.29. The van der Waals surface area contributed by atoms with Gasteiger partial charge in [-0.15, -0.1) is 0 Å². The van der Waals surface area contributed by atoms with Crippen LogP contribution < -0.4 is 15.0 Å². The van der Waals surface area contributed by atoms with Crippen LogP contribution >= 0.6 is 0 Å². The van der Waals surface area contributed by atoms with Gasteiger partial charge < -0.3 is 14.8 Å². The minimum Gasteiger partial charge on any atom is -0.494 e. The summed E-state index contributed by atoms with van der Waals surface area (Å²) in [6, 6.07) is 16.2. The number of carbonyl (C=O) groups excluding carboxylic acids is 4. The predicted molar refractivity (Wildman–Crippen MR) is 130 cm³/mol. The number of nitrogens with zero attached hydrogens (tertiary/aromatic N) is 1. The molecule has 0 unspecified atom stereocenters. The first kappa shape index (κ1) is 23.7. The number of anilines is 2. The van der Waals surface area contributed by atoms with E-state index in [1.165, 1.54) is 18.2 Å². The van der Waals surface area contributed by atoms with E-state index in [1.54, 1.807) is 30.3 Å². The van der Waals surface area contributed by atoms with Gasteiger partial charge in [0.1, 0.15) is 5.75 Å². The lowest BCUT2D eigenvalue weighted by atomic mass is 10.1. The largest absolute Gasteiger partial charge is 0.494 e. The number of esters is 1. The van der Waals surface area contributed by atoms with Crippen LogP contribution in [0.15, 0.2) is 60.7 Å². The number of hydrogen-bond acceptors (Lipinski definition) is 6. The van der Waals surface area contributed by atoms with Crippen molar-refractivity contribution < 1.29 is 28.7 Å². The van der Waals surface area contributed by atoms with Gasteiger partial charge in [-0.25, -0.2) is 9.69 Å². The molecule has 3 amide bonds. The van der Waals surface area contributed by atoms with E-state index in [9.17, 15) is 19.2 Å². The zero-order valence-electron chi connectivity index (χ0n) is 19.6. The molecule has 0 saturated heterocycles. The Morgan fingerprint density at radius 3 is 2.34 bits per heavy atom. The number of nitrogens with one attached hydrogen (secondary N) is 1. The average molecular weight is 472 g/mol. The van der Waals surface area contributed by atoms with Gasteiger partial charge in [-0.2, -0.15) is 0 Å². The van der Waals surface area contributed by atoms with Gasteiger partial charge in [0.05, 0.1) is 29.0 Å². The Morgan fingerprint density at radius 1 is 0.914 bits per heavy atom. The number of amides is 3. The molecular weight excluding hydrogens is 448 g/mol. The van der Waals surface area contributed by atoms with Crippen LogP contribution in [0.25, 0.3) is 0 Å². The van der Waals surface area contributed by atoms with Crippen LogP contribution in [0.2, 0.25) is 0 Å². The number of fused-ring (bicyclic) bond motifs is 1. The maximum absolute atomic E-state index is 13.0. The van der Waals surface area contributed by atoms with E-state index < -0.39 is 30.3 Å². The third kappa shape index (κ3) is 4.77. The van der Waals surface area contributed by atoms with Crippen molar-refractivity contribution in [2.75, 3.05) is 23.4 Å². The van der Waals surface area contributed by atoms with Crippen LogP contribution in [0.4, 0.5) is 11.4 Å². The molecule has 0 fully saturated rings. The molecule has 0 aromatic heterocycles. The Balaban J connectivity index is 1.44. The molecule has 1 aliphatic rings.